The Morgan fingerprint density at radius 3 is 3.00 bits per heavy atom. The van der Waals surface area contributed by atoms with Crippen molar-refractivity contribution in [1.29, 1.82) is 0 Å². The van der Waals surface area contributed by atoms with Gasteiger partial charge in [-0.15, -0.1) is 0 Å². The van der Waals surface area contributed by atoms with E-state index >= 15 is 0 Å². The fourth-order valence-corrected chi connectivity index (χ4v) is 3.62. The van der Waals surface area contributed by atoms with Gasteiger partial charge in [-0.2, -0.15) is 0 Å². The number of piperidine rings is 1. The molecule has 0 bridgehead atoms. The summed E-state index contributed by atoms with van der Waals surface area (Å²) >= 11 is 0. The lowest BCUT2D eigenvalue weighted by Crippen LogP contribution is -2.43. The Hall–Kier alpha value is -1.55. The number of aliphatic carboxylic acids is 1. The number of para-hydroxylation sites is 1. The number of carboxylic acids is 1. The largest absolute Gasteiger partial charge is 0.493 e. The minimum atomic E-state index is -0.681. The highest BCUT2D eigenvalue weighted by Gasteiger charge is 2.29. The summed E-state index contributed by atoms with van der Waals surface area (Å²) in [6.45, 7) is 2.74. The van der Waals surface area contributed by atoms with Crippen LogP contribution in [0.15, 0.2) is 24.3 Å². The predicted molar refractivity (Wildman–Crippen MR) is 80.8 cm³/mol. The molecule has 0 saturated carbocycles. The number of carboxylic acid groups (broad SMARTS) is 1. The van der Waals surface area contributed by atoms with E-state index in [-0.39, 0.29) is 12.5 Å². The number of hydrogen-bond donors (Lipinski definition) is 1. The molecule has 2 aliphatic heterocycles. The molecular weight excluding hydrogens is 266 g/mol. The average Bonchev–Trinajstić information content (AvgIpc) is 2.49. The number of benzene rings is 1. The van der Waals surface area contributed by atoms with Crippen LogP contribution in [0, 0.1) is 0 Å². The predicted octanol–water partition coefficient (Wildman–Crippen LogP) is 2.88. The molecule has 2 atom stereocenters. The number of rotatable bonds is 4. The van der Waals surface area contributed by atoms with Gasteiger partial charge in [0.1, 0.15) is 5.75 Å². The minimum absolute atomic E-state index is 0.200. The first-order valence-electron chi connectivity index (χ1n) is 7.91. The Morgan fingerprint density at radius 1 is 1.29 bits per heavy atom. The number of hydrogen-bond acceptors (Lipinski definition) is 3. The van der Waals surface area contributed by atoms with E-state index in [1.54, 1.807) is 0 Å². The van der Waals surface area contributed by atoms with Crippen LogP contribution in [-0.2, 0) is 4.79 Å². The van der Waals surface area contributed by atoms with Crippen molar-refractivity contribution in [1.82, 2.24) is 4.90 Å². The summed E-state index contributed by atoms with van der Waals surface area (Å²) in [5, 5.41) is 9.10. The first kappa shape index (κ1) is 14.4. The molecule has 0 spiro atoms. The van der Waals surface area contributed by atoms with E-state index in [2.05, 4.69) is 17.0 Å². The van der Waals surface area contributed by atoms with E-state index in [4.69, 9.17) is 9.84 Å². The van der Waals surface area contributed by atoms with Gasteiger partial charge in [0, 0.05) is 18.5 Å². The van der Waals surface area contributed by atoms with Gasteiger partial charge in [0.05, 0.1) is 13.0 Å². The molecule has 114 valence electrons. The molecule has 1 N–H and O–H groups in total. The molecule has 0 amide bonds. The second-order valence-corrected chi connectivity index (χ2v) is 6.11. The molecule has 1 saturated heterocycles. The summed E-state index contributed by atoms with van der Waals surface area (Å²) in [5.41, 5.74) is 1.28. The van der Waals surface area contributed by atoms with Crippen molar-refractivity contribution in [3.05, 3.63) is 29.8 Å². The van der Waals surface area contributed by atoms with Crippen LogP contribution in [0.5, 0.6) is 5.75 Å². The van der Waals surface area contributed by atoms with Crippen molar-refractivity contribution >= 4 is 5.97 Å². The summed E-state index contributed by atoms with van der Waals surface area (Å²) in [5.74, 6) is 0.782. The fourth-order valence-electron chi connectivity index (χ4n) is 3.62. The van der Waals surface area contributed by atoms with Crippen LogP contribution in [0.4, 0.5) is 0 Å². The molecule has 3 rings (SSSR count). The molecule has 2 heterocycles. The Morgan fingerprint density at radius 2 is 2.14 bits per heavy atom. The number of nitrogens with zero attached hydrogens (tertiary/aromatic N) is 1. The van der Waals surface area contributed by atoms with Gasteiger partial charge in [0.25, 0.3) is 0 Å². The average molecular weight is 289 g/mol. The molecule has 0 aromatic heterocycles. The molecule has 21 heavy (non-hydrogen) atoms. The van der Waals surface area contributed by atoms with Crippen molar-refractivity contribution in [2.45, 2.75) is 44.1 Å². The first-order chi connectivity index (χ1) is 10.2. The molecule has 4 nitrogen and oxygen atoms in total. The highest BCUT2D eigenvalue weighted by molar-refractivity contribution is 5.67. The number of ether oxygens (including phenoxy) is 1. The van der Waals surface area contributed by atoms with Crippen molar-refractivity contribution in [3.8, 4) is 5.75 Å². The van der Waals surface area contributed by atoms with Crippen LogP contribution >= 0.6 is 0 Å². The van der Waals surface area contributed by atoms with Gasteiger partial charge in [-0.3, -0.25) is 9.69 Å². The molecular formula is C17H23NO3. The second-order valence-electron chi connectivity index (χ2n) is 6.11. The fraction of sp³-hybridized carbons (Fsp3) is 0.588. The molecule has 1 fully saturated rings. The summed E-state index contributed by atoms with van der Waals surface area (Å²) < 4.78 is 5.72. The Bertz CT molecular complexity index is 503. The smallest absolute Gasteiger partial charge is 0.304 e. The quantitative estimate of drug-likeness (QED) is 0.926. The maximum absolute atomic E-state index is 11.1. The van der Waals surface area contributed by atoms with Gasteiger partial charge in [-0.1, -0.05) is 24.6 Å². The van der Waals surface area contributed by atoms with Crippen LogP contribution in [-0.4, -0.2) is 41.7 Å². The third-order valence-corrected chi connectivity index (χ3v) is 4.70. The van der Waals surface area contributed by atoms with E-state index in [0.717, 1.165) is 44.7 Å². The zero-order valence-corrected chi connectivity index (χ0v) is 12.3. The van der Waals surface area contributed by atoms with Crippen LogP contribution in [0.1, 0.15) is 43.6 Å². The maximum Gasteiger partial charge on any atom is 0.304 e. The van der Waals surface area contributed by atoms with Gasteiger partial charge in [0.15, 0.2) is 0 Å². The van der Waals surface area contributed by atoms with Crippen LogP contribution < -0.4 is 4.74 Å². The van der Waals surface area contributed by atoms with Gasteiger partial charge >= 0.3 is 5.97 Å². The van der Waals surface area contributed by atoms with Crippen molar-refractivity contribution in [3.63, 3.8) is 0 Å². The van der Waals surface area contributed by atoms with Crippen LogP contribution in [0.25, 0.3) is 0 Å². The van der Waals surface area contributed by atoms with Crippen molar-refractivity contribution in [2.75, 3.05) is 19.7 Å². The molecule has 4 heteroatoms. The monoisotopic (exact) mass is 289 g/mol. The Balaban J connectivity index is 1.72. The molecule has 2 aliphatic rings. The zero-order valence-electron chi connectivity index (χ0n) is 12.3. The molecule has 0 radical (unpaired) electrons. The highest BCUT2D eigenvalue weighted by atomic mass is 16.5. The molecule has 0 aliphatic carbocycles. The lowest BCUT2D eigenvalue weighted by atomic mass is 9.90. The van der Waals surface area contributed by atoms with Gasteiger partial charge in [-0.25, -0.2) is 0 Å². The standard InChI is InChI=1S/C17H23NO3/c19-17(20)11-14-5-3-4-9-18(14)12-13-8-10-21-16-7-2-1-6-15(13)16/h1-2,6-7,13-14H,3-5,8-12H2,(H,19,20). The van der Waals surface area contributed by atoms with Gasteiger partial charge in [0.2, 0.25) is 0 Å². The van der Waals surface area contributed by atoms with E-state index < -0.39 is 5.97 Å². The SMILES string of the molecule is O=C(O)CC1CCCCN1CC1CCOc2ccccc21. The van der Waals surface area contributed by atoms with Crippen LogP contribution in [0.3, 0.4) is 0 Å². The molecule has 1 aromatic carbocycles. The van der Waals surface area contributed by atoms with E-state index in [1.165, 1.54) is 12.0 Å². The summed E-state index contributed by atoms with van der Waals surface area (Å²) in [7, 11) is 0. The number of likely N-dealkylation sites (tertiary alicyclic amines) is 1. The minimum Gasteiger partial charge on any atom is -0.493 e. The Labute approximate surface area is 125 Å². The van der Waals surface area contributed by atoms with Crippen LogP contribution in [0.2, 0.25) is 0 Å². The summed E-state index contributed by atoms with van der Waals surface area (Å²) in [6, 6.07) is 8.45. The van der Waals surface area contributed by atoms with E-state index in [1.807, 2.05) is 12.1 Å². The number of fused-ring (bicyclic) bond motifs is 1. The first-order valence-corrected chi connectivity index (χ1v) is 7.91. The normalized spacial score (nSPS) is 25.9. The highest BCUT2D eigenvalue weighted by Crippen LogP contribution is 2.35. The Kier molecular flexibility index (Phi) is 4.44. The maximum atomic E-state index is 11.1. The zero-order chi connectivity index (χ0) is 14.7. The lowest BCUT2D eigenvalue weighted by molar-refractivity contribution is -0.138. The topological polar surface area (TPSA) is 49.8 Å². The van der Waals surface area contributed by atoms with E-state index in [0.29, 0.717) is 5.92 Å². The van der Waals surface area contributed by atoms with Gasteiger partial charge < -0.3 is 9.84 Å². The lowest BCUT2D eigenvalue weighted by Gasteiger charge is -2.38. The summed E-state index contributed by atoms with van der Waals surface area (Å²) in [6.07, 6.45) is 4.63. The third kappa shape index (κ3) is 3.38. The molecule has 2 unspecified atom stereocenters. The van der Waals surface area contributed by atoms with Gasteiger partial charge in [-0.05, 0) is 37.4 Å². The second kappa shape index (κ2) is 6.48. The number of carbonyl (C=O) groups is 1. The van der Waals surface area contributed by atoms with Crippen molar-refractivity contribution in [2.24, 2.45) is 0 Å². The summed E-state index contributed by atoms with van der Waals surface area (Å²) in [4.78, 5) is 13.5. The third-order valence-electron chi connectivity index (χ3n) is 4.70. The van der Waals surface area contributed by atoms with Crippen molar-refractivity contribution < 1.29 is 14.6 Å². The van der Waals surface area contributed by atoms with E-state index in [9.17, 15) is 4.79 Å². The molecule has 1 aromatic rings.